The molecule has 0 radical (unpaired) electrons. The van der Waals surface area contributed by atoms with E-state index in [2.05, 4.69) is 30.4 Å². The van der Waals surface area contributed by atoms with Crippen molar-refractivity contribution in [3.8, 4) is 5.75 Å². The Balaban J connectivity index is 1.87. The number of nitrogens with one attached hydrogen (secondary N) is 1. The average Bonchev–Trinajstić information content (AvgIpc) is 2.71. The van der Waals surface area contributed by atoms with Crippen LogP contribution in [0, 0.1) is 0 Å². The Kier molecular flexibility index (Phi) is 3.62. The van der Waals surface area contributed by atoms with Crippen LogP contribution in [0.3, 0.4) is 0 Å². The fourth-order valence-corrected chi connectivity index (χ4v) is 1.93. The number of ether oxygens (including phenoxy) is 1. The Morgan fingerprint density at radius 2 is 2.27 bits per heavy atom. The monoisotopic (exact) mass is 205 g/mol. The fraction of sp³-hybridized carbons (Fsp3) is 0.538. The van der Waals surface area contributed by atoms with E-state index in [1.807, 2.05) is 0 Å². The van der Waals surface area contributed by atoms with Gasteiger partial charge in [0.25, 0.3) is 0 Å². The van der Waals surface area contributed by atoms with E-state index in [4.69, 9.17) is 4.74 Å². The molecule has 0 aliphatic carbocycles. The van der Waals surface area contributed by atoms with Crippen molar-refractivity contribution in [3.05, 3.63) is 29.3 Å². The second-order valence-corrected chi connectivity index (χ2v) is 4.04. The molecule has 1 aliphatic heterocycles. The van der Waals surface area contributed by atoms with Crippen LogP contribution in [0.2, 0.25) is 0 Å². The van der Waals surface area contributed by atoms with Gasteiger partial charge in [-0.15, -0.1) is 0 Å². The zero-order valence-electron chi connectivity index (χ0n) is 9.38. The zero-order chi connectivity index (χ0) is 10.5. The number of fused-ring (bicyclic) bond motifs is 1. The summed E-state index contributed by atoms with van der Waals surface area (Å²) >= 11 is 0. The van der Waals surface area contributed by atoms with Gasteiger partial charge in [-0.05, 0) is 43.1 Å². The first kappa shape index (κ1) is 10.5. The van der Waals surface area contributed by atoms with Crippen molar-refractivity contribution in [1.82, 2.24) is 5.32 Å². The van der Waals surface area contributed by atoms with Crippen molar-refractivity contribution >= 4 is 0 Å². The van der Waals surface area contributed by atoms with Crippen LogP contribution in [-0.2, 0) is 12.8 Å². The van der Waals surface area contributed by atoms with Crippen LogP contribution in [0.15, 0.2) is 18.2 Å². The number of hydrogen-bond donors (Lipinski definition) is 1. The normalized spacial score (nSPS) is 13.7. The van der Waals surface area contributed by atoms with Crippen molar-refractivity contribution < 1.29 is 4.74 Å². The summed E-state index contributed by atoms with van der Waals surface area (Å²) < 4.78 is 5.48. The standard InChI is InChI=1S/C13H19NO/c1-2-7-14-8-5-11-3-4-13-12(10-11)6-9-15-13/h3-4,10,14H,2,5-9H2,1H3. The Bertz CT molecular complexity index is 322. The summed E-state index contributed by atoms with van der Waals surface area (Å²) in [5.41, 5.74) is 2.80. The molecule has 2 heteroatoms. The van der Waals surface area contributed by atoms with E-state index < -0.39 is 0 Å². The van der Waals surface area contributed by atoms with Crippen molar-refractivity contribution in [1.29, 1.82) is 0 Å². The lowest BCUT2D eigenvalue weighted by atomic mass is 10.1. The Labute approximate surface area is 91.6 Å². The Hall–Kier alpha value is -1.02. The summed E-state index contributed by atoms with van der Waals surface area (Å²) in [5.74, 6) is 1.08. The van der Waals surface area contributed by atoms with Crippen LogP contribution in [0.1, 0.15) is 24.5 Å². The largest absolute Gasteiger partial charge is 0.493 e. The summed E-state index contributed by atoms with van der Waals surface area (Å²) in [6.45, 7) is 5.24. The third-order valence-electron chi connectivity index (χ3n) is 2.77. The minimum atomic E-state index is 0.854. The SMILES string of the molecule is CCCNCCc1ccc2c(c1)CCO2. The molecule has 1 heterocycles. The number of benzene rings is 1. The van der Waals surface area contributed by atoms with Crippen LogP contribution in [0.4, 0.5) is 0 Å². The highest BCUT2D eigenvalue weighted by Crippen LogP contribution is 2.25. The minimum Gasteiger partial charge on any atom is -0.493 e. The molecule has 82 valence electrons. The van der Waals surface area contributed by atoms with Crippen molar-refractivity contribution in [3.63, 3.8) is 0 Å². The quantitative estimate of drug-likeness (QED) is 0.744. The molecule has 15 heavy (non-hydrogen) atoms. The molecule has 2 nitrogen and oxygen atoms in total. The van der Waals surface area contributed by atoms with Gasteiger partial charge in [0, 0.05) is 6.42 Å². The number of hydrogen-bond acceptors (Lipinski definition) is 2. The molecule has 0 saturated heterocycles. The van der Waals surface area contributed by atoms with Gasteiger partial charge in [0.1, 0.15) is 5.75 Å². The molecular formula is C13H19NO. The first-order chi connectivity index (χ1) is 7.40. The molecule has 0 unspecified atom stereocenters. The topological polar surface area (TPSA) is 21.3 Å². The van der Waals surface area contributed by atoms with Crippen LogP contribution < -0.4 is 10.1 Å². The molecule has 2 rings (SSSR count). The first-order valence-corrected chi connectivity index (χ1v) is 5.85. The lowest BCUT2D eigenvalue weighted by Crippen LogP contribution is -2.17. The molecule has 0 bridgehead atoms. The third kappa shape index (κ3) is 2.72. The molecule has 1 aromatic carbocycles. The summed E-state index contributed by atoms with van der Waals surface area (Å²) in [6, 6.07) is 6.57. The summed E-state index contributed by atoms with van der Waals surface area (Å²) in [5, 5.41) is 3.42. The van der Waals surface area contributed by atoms with E-state index in [0.29, 0.717) is 0 Å². The van der Waals surface area contributed by atoms with Gasteiger partial charge in [-0.25, -0.2) is 0 Å². The van der Waals surface area contributed by atoms with Gasteiger partial charge in [-0.3, -0.25) is 0 Å². The van der Waals surface area contributed by atoms with Crippen molar-refractivity contribution in [2.24, 2.45) is 0 Å². The van der Waals surface area contributed by atoms with Crippen molar-refractivity contribution in [2.75, 3.05) is 19.7 Å². The second kappa shape index (κ2) is 5.17. The average molecular weight is 205 g/mol. The van der Waals surface area contributed by atoms with Gasteiger partial charge in [-0.2, -0.15) is 0 Å². The fourth-order valence-electron chi connectivity index (χ4n) is 1.93. The molecule has 0 fully saturated rings. The van der Waals surface area contributed by atoms with E-state index in [-0.39, 0.29) is 0 Å². The second-order valence-electron chi connectivity index (χ2n) is 4.04. The zero-order valence-corrected chi connectivity index (χ0v) is 9.38. The summed E-state index contributed by atoms with van der Waals surface area (Å²) in [7, 11) is 0. The van der Waals surface area contributed by atoms with Gasteiger partial charge >= 0.3 is 0 Å². The van der Waals surface area contributed by atoms with Crippen LogP contribution in [0.25, 0.3) is 0 Å². The molecule has 0 spiro atoms. The van der Waals surface area contributed by atoms with E-state index in [1.165, 1.54) is 17.5 Å². The predicted molar refractivity (Wildman–Crippen MR) is 62.5 cm³/mol. The van der Waals surface area contributed by atoms with E-state index in [0.717, 1.165) is 38.3 Å². The molecule has 0 amide bonds. The Morgan fingerprint density at radius 3 is 3.13 bits per heavy atom. The highest BCUT2D eigenvalue weighted by Gasteiger charge is 2.11. The van der Waals surface area contributed by atoms with Crippen LogP contribution in [-0.4, -0.2) is 19.7 Å². The van der Waals surface area contributed by atoms with Gasteiger partial charge in [0.05, 0.1) is 6.61 Å². The van der Waals surface area contributed by atoms with Gasteiger partial charge in [0.2, 0.25) is 0 Å². The highest BCUT2D eigenvalue weighted by atomic mass is 16.5. The summed E-state index contributed by atoms with van der Waals surface area (Å²) in [6.07, 6.45) is 3.40. The molecule has 1 N–H and O–H groups in total. The smallest absolute Gasteiger partial charge is 0.122 e. The summed E-state index contributed by atoms with van der Waals surface area (Å²) in [4.78, 5) is 0. The van der Waals surface area contributed by atoms with E-state index >= 15 is 0 Å². The molecule has 1 aliphatic rings. The lowest BCUT2D eigenvalue weighted by Gasteiger charge is -2.05. The molecular weight excluding hydrogens is 186 g/mol. The lowest BCUT2D eigenvalue weighted by molar-refractivity contribution is 0.357. The predicted octanol–water partition coefficient (Wildman–Crippen LogP) is 2.16. The third-order valence-corrected chi connectivity index (χ3v) is 2.77. The first-order valence-electron chi connectivity index (χ1n) is 5.85. The van der Waals surface area contributed by atoms with E-state index in [9.17, 15) is 0 Å². The molecule has 1 aromatic rings. The maximum atomic E-state index is 5.48. The molecule has 0 saturated carbocycles. The minimum absolute atomic E-state index is 0.854. The molecule has 0 aromatic heterocycles. The van der Waals surface area contributed by atoms with E-state index in [1.54, 1.807) is 0 Å². The van der Waals surface area contributed by atoms with Gasteiger partial charge < -0.3 is 10.1 Å². The van der Waals surface area contributed by atoms with Gasteiger partial charge in [0.15, 0.2) is 0 Å². The maximum Gasteiger partial charge on any atom is 0.122 e. The highest BCUT2D eigenvalue weighted by molar-refractivity contribution is 5.39. The maximum absolute atomic E-state index is 5.48. The van der Waals surface area contributed by atoms with Gasteiger partial charge in [-0.1, -0.05) is 19.1 Å². The van der Waals surface area contributed by atoms with Crippen molar-refractivity contribution in [2.45, 2.75) is 26.2 Å². The van der Waals surface area contributed by atoms with Crippen LogP contribution in [0.5, 0.6) is 5.75 Å². The van der Waals surface area contributed by atoms with Crippen LogP contribution >= 0.6 is 0 Å². The molecule has 0 atom stereocenters. The Morgan fingerprint density at radius 1 is 1.33 bits per heavy atom. The number of rotatable bonds is 5.